The molecule has 1 aliphatic rings. The molecule has 3 rings (SSSR count). The number of aromatic nitrogens is 3. The second kappa shape index (κ2) is 6.54. The van der Waals surface area contributed by atoms with E-state index in [2.05, 4.69) is 31.0 Å². The zero-order chi connectivity index (χ0) is 16.4. The molecule has 0 bridgehead atoms. The van der Waals surface area contributed by atoms with E-state index in [1.807, 2.05) is 39.0 Å². The number of aryl methyl sites for hydroxylation is 2. The predicted octanol–water partition coefficient (Wildman–Crippen LogP) is 1.47. The van der Waals surface area contributed by atoms with E-state index in [4.69, 9.17) is 4.52 Å². The Bertz CT molecular complexity index is 660. The van der Waals surface area contributed by atoms with Gasteiger partial charge >= 0.3 is 0 Å². The van der Waals surface area contributed by atoms with Gasteiger partial charge in [-0.1, -0.05) is 5.16 Å². The zero-order valence-corrected chi connectivity index (χ0v) is 14.3. The fourth-order valence-corrected chi connectivity index (χ4v) is 2.75. The highest BCUT2D eigenvalue weighted by atomic mass is 16.5. The average Bonchev–Trinajstić information content (AvgIpc) is 2.92. The van der Waals surface area contributed by atoms with E-state index in [1.54, 1.807) is 0 Å². The quantitative estimate of drug-likeness (QED) is 0.846. The Morgan fingerprint density at radius 3 is 2.48 bits per heavy atom. The van der Waals surface area contributed by atoms with E-state index in [9.17, 15) is 0 Å². The van der Waals surface area contributed by atoms with Crippen LogP contribution in [-0.4, -0.2) is 60.3 Å². The molecule has 1 saturated heterocycles. The highest BCUT2D eigenvalue weighted by Gasteiger charge is 2.20. The molecule has 2 aromatic rings. The van der Waals surface area contributed by atoms with Gasteiger partial charge in [0.15, 0.2) is 0 Å². The molecule has 0 amide bonds. The SMILES string of the molecule is Cc1cc(N2CCN(Cc3cnoc3C)CC2)nc(N(C)C)n1. The van der Waals surface area contributed by atoms with Crippen LogP contribution in [-0.2, 0) is 6.54 Å². The van der Waals surface area contributed by atoms with Crippen LogP contribution in [0, 0.1) is 13.8 Å². The van der Waals surface area contributed by atoms with Crippen LogP contribution in [0.4, 0.5) is 11.8 Å². The number of rotatable bonds is 4. The lowest BCUT2D eigenvalue weighted by atomic mass is 10.2. The van der Waals surface area contributed by atoms with Crippen LogP contribution in [0.1, 0.15) is 17.0 Å². The van der Waals surface area contributed by atoms with E-state index < -0.39 is 0 Å². The molecule has 0 radical (unpaired) electrons. The van der Waals surface area contributed by atoms with E-state index >= 15 is 0 Å². The topological polar surface area (TPSA) is 61.5 Å². The fourth-order valence-electron chi connectivity index (χ4n) is 2.75. The minimum absolute atomic E-state index is 0.766. The van der Waals surface area contributed by atoms with Crippen molar-refractivity contribution in [2.45, 2.75) is 20.4 Å². The van der Waals surface area contributed by atoms with Crippen LogP contribution in [0.3, 0.4) is 0 Å². The first-order chi connectivity index (χ1) is 11.0. The molecule has 2 aromatic heterocycles. The monoisotopic (exact) mass is 316 g/mol. The number of piperazine rings is 1. The van der Waals surface area contributed by atoms with Crippen molar-refractivity contribution in [3.05, 3.63) is 29.3 Å². The summed E-state index contributed by atoms with van der Waals surface area (Å²) in [7, 11) is 3.94. The summed E-state index contributed by atoms with van der Waals surface area (Å²) in [5, 5.41) is 3.85. The fraction of sp³-hybridized carbons (Fsp3) is 0.562. The minimum Gasteiger partial charge on any atom is -0.361 e. The lowest BCUT2D eigenvalue weighted by Gasteiger charge is -2.35. The van der Waals surface area contributed by atoms with Crippen molar-refractivity contribution in [2.75, 3.05) is 50.1 Å². The molecule has 1 fully saturated rings. The summed E-state index contributed by atoms with van der Waals surface area (Å²) in [6.45, 7) is 8.82. The summed E-state index contributed by atoms with van der Waals surface area (Å²) in [6, 6.07) is 2.06. The Labute approximate surface area is 136 Å². The molecule has 3 heterocycles. The summed E-state index contributed by atoms with van der Waals surface area (Å²) in [6.07, 6.45) is 1.82. The van der Waals surface area contributed by atoms with Gasteiger partial charge in [0.1, 0.15) is 11.6 Å². The average molecular weight is 316 g/mol. The maximum absolute atomic E-state index is 5.14. The van der Waals surface area contributed by atoms with Gasteiger partial charge in [0.25, 0.3) is 0 Å². The lowest BCUT2D eigenvalue weighted by Crippen LogP contribution is -2.46. The van der Waals surface area contributed by atoms with Gasteiger partial charge in [0, 0.05) is 64.1 Å². The van der Waals surface area contributed by atoms with Gasteiger partial charge in [-0.3, -0.25) is 4.90 Å². The highest BCUT2D eigenvalue weighted by Crippen LogP contribution is 2.19. The van der Waals surface area contributed by atoms with Crippen LogP contribution in [0.25, 0.3) is 0 Å². The van der Waals surface area contributed by atoms with Crippen LogP contribution < -0.4 is 9.80 Å². The summed E-state index contributed by atoms with van der Waals surface area (Å²) in [5.74, 6) is 2.69. The number of anilines is 2. The van der Waals surface area contributed by atoms with Crippen molar-refractivity contribution in [1.29, 1.82) is 0 Å². The van der Waals surface area contributed by atoms with E-state index in [1.165, 1.54) is 5.56 Å². The van der Waals surface area contributed by atoms with Crippen LogP contribution in [0.15, 0.2) is 16.8 Å². The van der Waals surface area contributed by atoms with Gasteiger partial charge in [-0.2, -0.15) is 4.98 Å². The van der Waals surface area contributed by atoms with Crippen LogP contribution in [0.2, 0.25) is 0 Å². The maximum atomic E-state index is 5.14. The summed E-state index contributed by atoms with van der Waals surface area (Å²) >= 11 is 0. The molecule has 23 heavy (non-hydrogen) atoms. The van der Waals surface area contributed by atoms with Gasteiger partial charge in [0.2, 0.25) is 5.95 Å². The first-order valence-corrected chi connectivity index (χ1v) is 7.93. The van der Waals surface area contributed by atoms with Crippen molar-refractivity contribution >= 4 is 11.8 Å². The summed E-state index contributed by atoms with van der Waals surface area (Å²) < 4.78 is 5.14. The Hall–Kier alpha value is -2.15. The number of nitrogens with zero attached hydrogens (tertiary/aromatic N) is 6. The van der Waals surface area contributed by atoms with Crippen molar-refractivity contribution < 1.29 is 4.52 Å². The standard InChI is InChI=1S/C16H24N6O/c1-12-9-15(19-16(18-12)20(3)4)22-7-5-21(6-8-22)11-14-10-17-23-13(14)2/h9-10H,5-8,11H2,1-4H3. The number of hydrogen-bond donors (Lipinski definition) is 0. The highest BCUT2D eigenvalue weighted by molar-refractivity contribution is 5.45. The molecule has 0 aliphatic carbocycles. The third kappa shape index (κ3) is 3.61. The predicted molar refractivity (Wildman–Crippen MR) is 89.8 cm³/mol. The Kier molecular flexibility index (Phi) is 4.47. The molecule has 0 atom stereocenters. The van der Waals surface area contributed by atoms with E-state index in [0.29, 0.717) is 0 Å². The molecule has 0 N–H and O–H groups in total. The van der Waals surface area contributed by atoms with Gasteiger partial charge in [-0.15, -0.1) is 0 Å². The van der Waals surface area contributed by atoms with Crippen molar-refractivity contribution in [1.82, 2.24) is 20.0 Å². The minimum atomic E-state index is 0.766. The van der Waals surface area contributed by atoms with E-state index in [0.717, 1.165) is 55.9 Å². The van der Waals surface area contributed by atoms with Gasteiger partial charge in [-0.05, 0) is 13.8 Å². The van der Waals surface area contributed by atoms with E-state index in [-0.39, 0.29) is 0 Å². The van der Waals surface area contributed by atoms with Crippen molar-refractivity contribution in [2.24, 2.45) is 0 Å². The molecule has 0 spiro atoms. The molecule has 0 saturated carbocycles. The molecule has 124 valence electrons. The summed E-state index contributed by atoms with van der Waals surface area (Å²) in [4.78, 5) is 15.8. The third-order valence-electron chi connectivity index (χ3n) is 4.17. The second-order valence-corrected chi connectivity index (χ2v) is 6.23. The summed E-state index contributed by atoms with van der Waals surface area (Å²) in [5.41, 5.74) is 2.17. The first-order valence-electron chi connectivity index (χ1n) is 7.93. The lowest BCUT2D eigenvalue weighted by molar-refractivity contribution is 0.247. The van der Waals surface area contributed by atoms with Crippen molar-refractivity contribution in [3.8, 4) is 0 Å². The second-order valence-electron chi connectivity index (χ2n) is 6.23. The maximum Gasteiger partial charge on any atom is 0.226 e. The molecule has 7 nitrogen and oxygen atoms in total. The molecule has 7 heteroatoms. The molecule has 0 unspecified atom stereocenters. The Morgan fingerprint density at radius 1 is 1.13 bits per heavy atom. The first kappa shape index (κ1) is 15.7. The third-order valence-corrected chi connectivity index (χ3v) is 4.17. The molecule has 1 aliphatic heterocycles. The largest absolute Gasteiger partial charge is 0.361 e. The normalized spacial score (nSPS) is 15.9. The van der Waals surface area contributed by atoms with Crippen molar-refractivity contribution in [3.63, 3.8) is 0 Å². The van der Waals surface area contributed by atoms with Crippen LogP contribution in [0.5, 0.6) is 0 Å². The Morgan fingerprint density at radius 2 is 1.87 bits per heavy atom. The van der Waals surface area contributed by atoms with Gasteiger partial charge in [0.05, 0.1) is 6.20 Å². The van der Waals surface area contributed by atoms with Gasteiger partial charge < -0.3 is 14.3 Å². The molecular weight excluding hydrogens is 292 g/mol. The Balaban J connectivity index is 1.64. The molecular formula is C16H24N6O. The molecule has 0 aromatic carbocycles. The smallest absolute Gasteiger partial charge is 0.226 e. The van der Waals surface area contributed by atoms with Crippen LogP contribution >= 0.6 is 0 Å². The number of hydrogen-bond acceptors (Lipinski definition) is 7. The zero-order valence-electron chi connectivity index (χ0n) is 14.3. The van der Waals surface area contributed by atoms with Gasteiger partial charge in [-0.25, -0.2) is 4.98 Å².